The number of hydrogen-bond donors (Lipinski definition) is 2. The van der Waals surface area contributed by atoms with Crippen molar-refractivity contribution in [2.24, 2.45) is 0 Å². The van der Waals surface area contributed by atoms with E-state index in [9.17, 15) is 9.59 Å². The molecule has 23 heavy (non-hydrogen) atoms. The van der Waals surface area contributed by atoms with Crippen LogP contribution in [0.2, 0.25) is 0 Å². The molecule has 0 aliphatic carbocycles. The number of anilines is 1. The minimum absolute atomic E-state index is 0.00493. The largest absolute Gasteiger partial charge is 0.395 e. The van der Waals surface area contributed by atoms with Gasteiger partial charge in [0.05, 0.1) is 23.0 Å². The molecule has 2 amide bonds. The van der Waals surface area contributed by atoms with Gasteiger partial charge in [0.2, 0.25) is 0 Å². The first-order chi connectivity index (χ1) is 11.1. The number of carbonyl (C=O) groups is 2. The Morgan fingerprint density at radius 2 is 2.09 bits per heavy atom. The minimum atomic E-state index is -0.431. The molecule has 2 aromatic rings. The Morgan fingerprint density at radius 3 is 2.78 bits per heavy atom. The summed E-state index contributed by atoms with van der Waals surface area (Å²) in [6.07, 6.45) is 3.04. The van der Waals surface area contributed by atoms with Gasteiger partial charge in [-0.25, -0.2) is 4.98 Å². The lowest BCUT2D eigenvalue weighted by atomic mass is 10.1. The zero-order valence-corrected chi connectivity index (χ0v) is 13.3. The summed E-state index contributed by atoms with van der Waals surface area (Å²) in [5, 5.41) is 12.9. The number of β-amino-alcohol motifs (C(OH)–C–C–N with tert-alkyl or cyclic N) is 1. The number of aromatic nitrogens is 1. The van der Waals surface area contributed by atoms with Crippen LogP contribution in [0.5, 0.6) is 0 Å². The van der Waals surface area contributed by atoms with E-state index in [0.29, 0.717) is 0 Å². The van der Waals surface area contributed by atoms with Gasteiger partial charge in [-0.3, -0.25) is 14.5 Å². The first-order valence-corrected chi connectivity index (χ1v) is 7.89. The van der Waals surface area contributed by atoms with Crippen molar-refractivity contribution in [3.05, 3.63) is 47.2 Å². The van der Waals surface area contributed by atoms with Gasteiger partial charge in [-0.2, -0.15) is 0 Å². The Balaban J connectivity index is 1.89. The number of carbonyl (C=O) groups excluding carboxylic acids is 2. The highest BCUT2D eigenvalue weighted by molar-refractivity contribution is 7.15. The summed E-state index contributed by atoms with van der Waals surface area (Å²) in [6.45, 7) is 1.67. The molecule has 0 radical (unpaired) electrons. The molecule has 7 heteroatoms. The average Bonchev–Trinajstić information content (AvgIpc) is 3.07. The molecule has 0 saturated carbocycles. The number of benzene rings is 1. The van der Waals surface area contributed by atoms with Crippen LogP contribution in [0.1, 0.15) is 5.01 Å². The molecular formula is C16H15N3O3S. The Morgan fingerprint density at radius 1 is 1.30 bits per heavy atom. The van der Waals surface area contributed by atoms with Gasteiger partial charge in [0.1, 0.15) is 5.70 Å². The van der Waals surface area contributed by atoms with Crippen molar-refractivity contribution in [1.82, 2.24) is 9.88 Å². The number of nitrogens with zero attached hydrogens (tertiary/aromatic N) is 2. The van der Waals surface area contributed by atoms with Crippen molar-refractivity contribution in [1.29, 1.82) is 0 Å². The van der Waals surface area contributed by atoms with E-state index in [1.165, 1.54) is 6.08 Å². The van der Waals surface area contributed by atoms with Crippen LogP contribution in [0, 0.1) is 6.92 Å². The van der Waals surface area contributed by atoms with Crippen molar-refractivity contribution in [3.63, 3.8) is 0 Å². The third-order valence-corrected chi connectivity index (χ3v) is 4.36. The summed E-state index contributed by atoms with van der Waals surface area (Å²) in [5.74, 6) is -0.850. The summed E-state index contributed by atoms with van der Waals surface area (Å²) < 4.78 is 0. The molecule has 3 rings (SSSR count). The number of thiazole rings is 1. The molecule has 1 aliphatic rings. The highest BCUT2D eigenvalue weighted by atomic mass is 32.1. The maximum atomic E-state index is 12.2. The molecule has 0 bridgehead atoms. The third-order valence-electron chi connectivity index (χ3n) is 3.42. The van der Waals surface area contributed by atoms with E-state index >= 15 is 0 Å². The minimum Gasteiger partial charge on any atom is -0.395 e. The van der Waals surface area contributed by atoms with Gasteiger partial charge in [-0.15, -0.1) is 11.3 Å². The number of aliphatic hydroxyl groups is 1. The van der Waals surface area contributed by atoms with Crippen LogP contribution < -0.4 is 5.32 Å². The highest BCUT2D eigenvalue weighted by Crippen LogP contribution is 2.33. The molecule has 6 nitrogen and oxygen atoms in total. The zero-order valence-electron chi connectivity index (χ0n) is 12.4. The lowest BCUT2D eigenvalue weighted by Gasteiger charge is -2.14. The molecule has 0 spiro atoms. The monoisotopic (exact) mass is 329 g/mol. The molecule has 0 saturated heterocycles. The molecule has 0 atom stereocenters. The second kappa shape index (κ2) is 6.31. The summed E-state index contributed by atoms with van der Waals surface area (Å²) in [6, 6.07) is 7.54. The Hall–Kier alpha value is -2.51. The van der Waals surface area contributed by atoms with Crippen molar-refractivity contribution < 1.29 is 14.7 Å². The van der Waals surface area contributed by atoms with Crippen LogP contribution >= 0.6 is 11.3 Å². The number of nitrogens with one attached hydrogen (secondary N) is 1. The topological polar surface area (TPSA) is 82.5 Å². The molecule has 118 valence electrons. The van der Waals surface area contributed by atoms with E-state index in [1.807, 2.05) is 31.2 Å². The zero-order chi connectivity index (χ0) is 16.4. The van der Waals surface area contributed by atoms with Crippen molar-refractivity contribution in [2.45, 2.75) is 6.92 Å². The van der Waals surface area contributed by atoms with Gasteiger partial charge >= 0.3 is 0 Å². The van der Waals surface area contributed by atoms with E-state index in [0.717, 1.165) is 26.0 Å². The fourth-order valence-corrected chi connectivity index (χ4v) is 3.16. The molecular weight excluding hydrogens is 314 g/mol. The molecule has 1 aromatic carbocycles. The second-order valence-electron chi connectivity index (χ2n) is 4.99. The highest BCUT2D eigenvalue weighted by Gasteiger charge is 2.30. The molecule has 0 unspecified atom stereocenters. The predicted molar refractivity (Wildman–Crippen MR) is 87.8 cm³/mol. The van der Waals surface area contributed by atoms with E-state index in [1.54, 1.807) is 17.5 Å². The number of aliphatic hydroxyl groups excluding tert-OH is 1. The fraction of sp³-hybridized carbons (Fsp3) is 0.188. The number of imide groups is 1. The lowest BCUT2D eigenvalue weighted by Crippen LogP contribution is -2.34. The molecule has 1 aromatic heterocycles. The van der Waals surface area contributed by atoms with Crippen LogP contribution in [0.15, 0.2) is 42.2 Å². The maximum absolute atomic E-state index is 12.2. The number of para-hydroxylation sites is 1. The van der Waals surface area contributed by atoms with Gasteiger partial charge in [0.15, 0.2) is 0 Å². The van der Waals surface area contributed by atoms with Gasteiger partial charge in [-0.05, 0) is 13.0 Å². The van der Waals surface area contributed by atoms with E-state index in [4.69, 9.17) is 5.11 Å². The van der Waals surface area contributed by atoms with E-state index in [-0.39, 0.29) is 18.8 Å². The summed E-state index contributed by atoms with van der Waals surface area (Å²) in [5.41, 5.74) is 1.85. The number of rotatable bonds is 5. The van der Waals surface area contributed by atoms with Gasteiger partial charge in [0, 0.05) is 23.5 Å². The first kappa shape index (κ1) is 15.4. The standard InChI is InChI=1S/C16H15N3O3S/c1-10-17-9-14(23-10)11-4-2-3-5-12(11)18-13-8-15(21)19(6-7-20)16(13)22/h2-5,8-9,18,20H,6-7H2,1H3. The van der Waals surface area contributed by atoms with Crippen LogP contribution in [0.25, 0.3) is 10.4 Å². The number of hydrogen-bond acceptors (Lipinski definition) is 6. The Labute approximate surface area is 137 Å². The predicted octanol–water partition coefficient (Wildman–Crippen LogP) is 1.78. The lowest BCUT2D eigenvalue weighted by molar-refractivity contribution is -0.137. The van der Waals surface area contributed by atoms with Crippen molar-refractivity contribution in [2.75, 3.05) is 18.5 Å². The Bertz CT molecular complexity index is 797. The van der Waals surface area contributed by atoms with Crippen LogP contribution in [0.4, 0.5) is 5.69 Å². The van der Waals surface area contributed by atoms with Gasteiger partial charge < -0.3 is 10.4 Å². The van der Waals surface area contributed by atoms with Crippen molar-refractivity contribution >= 4 is 28.8 Å². The number of amides is 2. The summed E-state index contributed by atoms with van der Waals surface area (Å²) in [4.78, 5) is 30.3. The van der Waals surface area contributed by atoms with Crippen molar-refractivity contribution in [3.8, 4) is 10.4 Å². The fourth-order valence-electron chi connectivity index (χ4n) is 2.35. The molecule has 0 fully saturated rings. The molecule has 2 heterocycles. The van der Waals surface area contributed by atoms with Gasteiger partial charge in [0.25, 0.3) is 11.8 Å². The molecule has 2 N–H and O–H groups in total. The Kier molecular flexibility index (Phi) is 4.22. The SMILES string of the molecule is Cc1ncc(-c2ccccc2NC2=CC(=O)N(CCO)C2=O)s1. The maximum Gasteiger partial charge on any atom is 0.277 e. The summed E-state index contributed by atoms with van der Waals surface area (Å²) >= 11 is 1.56. The van der Waals surface area contributed by atoms with E-state index < -0.39 is 11.8 Å². The van der Waals surface area contributed by atoms with Crippen LogP contribution in [-0.2, 0) is 9.59 Å². The van der Waals surface area contributed by atoms with Crippen LogP contribution in [-0.4, -0.2) is 40.0 Å². The average molecular weight is 329 g/mol. The normalized spacial score (nSPS) is 14.3. The summed E-state index contributed by atoms with van der Waals surface area (Å²) in [7, 11) is 0. The quantitative estimate of drug-likeness (QED) is 0.817. The van der Waals surface area contributed by atoms with Gasteiger partial charge in [-0.1, -0.05) is 18.2 Å². The second-order valence-corrected chi connectivity index (χ2v) is 6.23. The molecule has 1 aliphatic heterocycles. The van der Waals surface area contributed by atoms with E-state index in [2.05, 4.69) is 10.3 Å². The smallest absolute Gasteiger partial charge is 0.277 e. The third kappa shape index (κ3) is 3.01. The number of aryl methyl sites for hydroxylation is 1. The first-order valence-electron chi connectivity index (χ1n) is 7.07. The van der Waals surface area contributed by atoms with Crippen LogP contribution in [0.3, 0.4) is 0 Å².